The summed E-state index contributed by atoms with van der Waals surface area (Å²) in [6.45, 7) is 8.06. The first-order chi connectivity index (χ1) is 12.3. The Hall–Kier alpha value is -2.34. The molecule has 0 fully saturated rings. The zero-order valence-corrected chi connectivity index (χ0v) is 16.3. The average molecular weight is 373 g/mol. The topological polar surface area (TPSA) is 63.7 Å². The van der Waals surface area contributed by atoms with Crippen molar-refractivity contribution in [3.63, 3.8) is 0 Å². The molecule has 0 saturated heterocycles. The van der Waals surface area contributed by atoms with Crippen LogP contribution in [0.15, 0.2) is 35.2 Å². The van der Waals surface area contributed by atoms with E-state index in [0.29, 0.717) is 29.2 Å². The van der Waals surface area contributed by atoms with Crippen molar-refractivity contribution >= 4 is 21.5 Å². The minimum Gasteiger partial charge on any atom is -0.494 e. The van der Waals surface area contributed by atoms with E-state index < -0.39 is 10.0 Å². The maximum atomic E-state index is 13.4. The molecule has 6 heteroatoms. The number of hydrogen-bond acceptors (Lipinski definition) is 4. The molecule has 0 amide bonds. The Morgan fingerprint density at radius 1 is 1.08 bits per heavy atom. The molecule has 3 rings (SSSR count). The fourth-order valence-corrected chi connectivity index (χ4v) is 5.05. The van der Waals surface area contributed by atoms with Crippen LogP contribution in [0, 0.1) is 20.8 Å². The first-order valence-electron chi connectivity index (χ1n) is 8.66. The number of hydrogen-bond donors (Lipinski definition) is 0. The minimum atomic E-state index is -3.77. The second-order valence-corrected chi connectivity index (χ2v) is 8.42. The van der Waals surface area contributed by atoms with E-state index in [4.69, 9.17) is 4.74 Å². The second kappa shape index (κ2) is 6.76. The Morgan fingerprint density at radius 2 is 1.81 bits per heavy atom. The van der Waals surface area contributed by atoms with Crippen LogP contribution in [0.25, 0.3) is 0 Å². The first-order valence-corrected chi connectivity index (χ1v) is 10.1. The molecule has 0 N–H and O–H groups in total. The Morgan fingerprint density at radius 3 is 2.50 bits per heavy atom. The molecule has 0 spiro atoms. The van der Waals surface area contributed by atoms with Gasteiger partial charge in [0.25, 0.3) is 10.0 Å². The number of anilines is 1. The molecule has 0 atom stereocenters. The standard InChI is InChI=1S/C20H23NO4S/c1-5-25-19-11-15(4)20(12-14(19)3)26(23,24)21-9-8-18(22)16-10-13(2)6-7-17(16)21/h6-7,10-12H,5,8-9H2,1-4H3. The van der Waals surface area contributed by atoms with Gasteiger partial charge in [-0.25, -0.2) is 8.42 Å². The largest absolute Gasteiger partial charge is 0.494 e. The number of rotatable bonds is 4. The lowest BCUT2D eigenvalue weighted by atomic mass is 10.0. The summed E-state index contributed by atoms with van der Waals surface area (Å²) in [5, 5.41) is 0. The highest BCUT2D eigenvalue weighted by molar-refractivity contribution is 7.93. The normalized spacial score (nSPS) is 14.3. The molecule has 1 aliphatic heterocycles. The lowest BCUT2D eigenvalue weighted by Crippen LogP contribution is -2.37. The molecule has 0 radical (unpaired) electrons. The first kappa shape index (κ1) is 18.5. The Bertz CT molecular complexity index is 980. The molecule has 138 valence electrons. The van der Waals surface area contributed by atoms with Gasteiger partial charge in [0.1, 0.15) is 5.75 Å². The molecule has 1 heterocycles. The second-order valence-electron chi connectivity index (χ2n) is 6.59. The van der Waals surface area contributed by atoms with Crippen LogP contribution in [-0.2, 0) is 10.0 Å². The van der Waals surface area contributed by atoms with Gasteiger partial charge in [0.15, 0.2) is 5.78 Å². The van der Waals surface area contributed by atoms with E-state index in [1.54, 1.807) is 31.2 Å². The molecule has 1 aliphatic rings. The van der Waals surface area contributed by atoms with Gasteiger partial charge in [-0.1, -0.05) is 11.6 Å². The van der Waals surface area contributed by atoms with E-state index in [9.17, 15) is 13.2 Å². The fraction of sp³-hybridized carbons (Fsp3) is 0.350. The van der Waals surface area contributed by atoms with Crippen molar-refractivity contribution in [3.8, 4) is 5.75 Å². The summed E-state index contributed by atoms with van der Waals surface area (Å²) in [5.74, 6) is 0.670. The number of carbonyl (C=O) groups is 1. The number of sulfonamides is 1. The van der Waals surface area contributed by atoms with Gasteiger partial charge in [-0.2, -0.15) is 0 Å². The molecular weight excluding hydrogens is 350 g/mol. The molecule has 0 unspecified atom stereocenters. The number of Topliss-reactive ketones (excluding diaryl/α,β-unsaturated/α-hetero) is 1. The summed E-state index contributed by atoms with van der Waals surface area (Å²) >= 11 is 0. The number of nitrogens with zero attached hydrogens (tertiary/aromatic N) is 1. The summed E-state index contributed by atoms with van der Waals surface area (Å²) in [6.07, 6.45) is 0.185. The highest BCUT2D eigenvalue weighted by atomic mass is 32.2. The van der Waals surface area contributed by atoms with Crippen molar-refractivity contribution in [2.45, 2.75) is 39.0 Å². The number of ketones is 1. The third kappa shape index (κ3) is 3.09. The summed E-state index contributed by atoms with van der Waals surface area (Å²) in [5.41, 5.74) is 3.26. The van der Waals surface area contributed by atoms with Crippen LogP contribution in [-0.4, -0.2) is 27.4 Å². The molecule has 5 nitrogen and oxygen atoms in total. The van der Waals surface area contributed by atoms with Crippen molar-refractivity contribution < 1.29 is 17.9 Å². The predicted molar refractivity (Wildman–Crippen MR) is 102 cm³/mol. The van der Waals surface area contributed by atoms with Gasteiger partial charge in [0.05, 0.1) is 17.2 Å². The number of aryl methyl sites for hydroxylation is 3. The quantitative estimate of drug-likeness (QED) is 0.818. The fourth-order valence-electron chi connectivity index (χ4n) is 3.27. The van der Waals surface area contributed by atoms with E-state index in [1.807, 2.05) is 26.8 Å². The molecular formula is C20H23NO4S. The summed E-state index contributed by atoms with van der Waals surface area (Å²) in [7, 11) is -3.77. The number of fused-ring (bicyclic) bond motifs is 1. The number of carbonyl (C=O) groups excluding carboxylic acids is 1. The number of benzene rings is 2. The van der Waals surface area contributed by atoms with Crippen molar-refractivity contribution in [2.75, 3.05) is 17.5 Å². The maximum absolute atomic E-state index is 13.4. The van der Waals surface area contributed by atoms with Gasteiger partial charge in [-0.3, -0.25) is 9.10 Å². The molecule has 2 aromatic rings. The highest BCUT2D eigenvalue weighted by Gasteiger charge is 2.33. The molecule has 0 aliphatic carbocycles. The summed E-state index contributed by atoms with van der Waals surface area (Å²) in [4.78, 5) is 12.5. The third-order valence-corrected chi connectivity index (χ3v) is 6.56. The van der Waals surface area contributed by atoms with Crippen molar-refractivity contribution in [1.82, 2.24) is 0 Å². The summed E-state index contributed by atoms with van der Waals surface area (Å²) < 4.78 is 33.6. The van der Waals surface area contributed by atoms with E-state index in [-0.39, 0.29) is 23.6 Å². The van der Waals surface area contributed by atoms with E-state index in [2.05, 4.69) is 0 Å². The van der Waals surface area contributed by atoms with Crippen molar-refractivity contribution in [3.05, 3.63) is 52.6 Å². The SMILES string of the molecule is CCOc1cc(C)c(S(=O)(=O)N2CCC(=O)c3cc(C)ccc32)cc1C. The predicted octanol–water partition coefficient (Wildman–Crippen LogP) is 3.79. The van der Waals surface area contributed by atoms with Gasteiger partial charge in [0.2, 0.25) is 0 Å². The molecule has 0 aromatic heterocycles. The lowest BCUT2D eigenvalue weighted by Gasteiger charge is -2.30. The van der Waals surface area contributed by atoms with E-state index in [1.165, 1.54) is 4.31 Å². The van der Waals surface area contributed by atoms with Crippen LogP contribution in [0.1, 0.15) is 40.4 Å². The molecule has 26 heavy (non-hydrogen) atoms. The monoisotopic (exact) mass is 373 g/mol. The van der Waals surface area contributed by atoms with E-state index in [0.717, 1.165) is 11.1 Å². The molecule has 2 aromatic carbocycles. The van der Waals surface area contributed by atoms with Gasteiger partial charge >= 0.3 is 0 Å². The summed E-state index contributed by atoms with van der Waals surface area (Å²) in [6, 6.07) is 8.72. The van der Waals surface area contributed by atoms with Crippen LogP contribution >= 0.6 is 0 Å². The Kier molecular flexibility index (Phi) is 4.80. The zero-order valence-electron chi connectivity index (χ0n) is 15.5. The van der Waals surface area contributed by atoms with Crippen LogP contribution in [0.3, 0.4) is 0 Å². The van der Waals surface area contributed by atoms with Crippen LogP contribution in [0.5, 0.6) is 5.75 Å². The maximum Gasteiger partial charge on any atom is 0.264 e. The Balaban J connectivity index is 2.12. The third-order valence-electron chi connectivity index (χ3n) is 4.60. The zero-order chi connectivity index (χ0) is 19.1. The average Bonchev–Trinajstić information content (AvgIpc) is 2.58. The number of ether oxygens (including phenoxy) is 1. The van der Waals surface area contributed by atoms with E-state index >= 15 is 0 Å². The Labute approximate surface area is 154 Å². The van der Waals surface area contributed by atoms with Gasteiger partial charge in [-0.15, -0.1) is 0 Å². The van der Waals surface area contributed by atoms with Crippen molar-refractivity contribution in [1.29, 1.82) is 0 Å². The molecule has 0 saturated carbocycles. The highest BCUT2D eigenvalue weighted by Crippen LogP contribution is 2.35. The van der Waals surface area contributed by atoms with Gasteiger partial charge in [0, 0.05) is 18.5 Å². The van der Waals surface area contributed by atoms with Gasteiger partial charge < -0.3 is 4.74 Å². The van der Waals surface area contributed by atoms with Crippen molar-refractivity contribution in [2.24, 2.45) is 0 Å². The minimum absolute atomic E-state index is 0.0188. The van der Waals surface area contributed by atoms with Gasteiger partial charge in [-0.05, 0) is 63.1 Å². The van der Waals surface area contributed by atoms with Crippen LogP contribution in [0.4, 0.5) is 5.69 Å². The lowest BCUT2D eigenvalue weighted by molar-refractivity contribution is 0.0982. The molecule has 0 bridgehead atoms. The van der Waals surface area contributed by atoms with Crippen LogP contribution < -0.4 is 9.04 Å². The smallest absolute Gasteiger partial charge is 0.264 e. The van der Waals surface area contributed by atoms with Crippen LogP contribution in [0.2, 0.25) is 0 Å².